The number of hydrogen-bond acceptors (Lipinski definition) is 7. The number of aromatic amines is 2. The van der Waals surface area contributed by atoms with E-state index in [1.165, 1.54) is 5.32 Å². The van der Waals surface area contributed by atoms with Gasteiger partial charge in [0.05, 0.1) is 35.2 Å². The number of halogens is 6. The SMILES string of the molecule is Cc1cc(CCOC(=O)C2=C(C(F)(F)F)NC(C(F)(F)F)=C(C(=O)OCCc3cc(C)[nH]c3C)C2c2cccc([N+](=O)[O-])c2)c(C)[nH]1. The molecule has 47 heavy (non-hydrogen) atoms. The summed E-state index contributed by atoms with van der Waals surface area (Å²) in [5, 5.41) is 12.8. The van der Waals surface area contributed by atoms with Crippen molar-refractivity contribution in [1.82, 2.24) is 15.3 Å². The molecular formula is C31H30F6N4O6. The Bertz CT molecular complexity index is 1670. The fraction of sp³-hybridized carbons (Fsp3) is 0.355. The number of non-ortho nitro benzene ring substituents is 1. The Morgan fingerprint density at radius 2 is 1.23 bits per heavy atom. The van der Waals surface area contributed by atoms with Crippen molar-refractivity contribution >= 4 is 17.6 Å². The van der Waals surface area contributed by atoms with Gasteiger partial charge in [0.25, 0.3) is 5.69 Å². The predicted octanol–water partition coefficient (Wildman–Crippen LogP) is 6.38. The van der Waals surface area contributed by atoms with Crippen LogP contribution in [0.2, 0.25) is 0 Å². The van der Waals surface area contributed by atoms with E-state index in [2.05, 4.69) is 9.97 Å². The summed E-state index contributed by atoms with van der Waals surface area (Å²) in [5.41, 5.74) is -4.03. The van der Waals surface area contributed by atoms with Gasteiger partial charge in [-0.15, -0.1) is 0 Å². The molecule has 2 aromatic heterocycles. The second-order valence-electron chi connectivity index (χ2n) is 11.0. The first kappa shape index (κ1) is 34.8. The summed E-state index contributed by atoms with van der Waals surface area (Å²) in [6.45, 7) is 6.00. The summed E-state index contributed by atoms with van der Waals surface area (Å²) in [7, 11) is 0. The standard InChI is InChI=1S/C31H30F6N4O6/c1-15-12-19(17(3)38-15)8-10-46-28(42)24-23(21-6-5-7-22(14-21)41(44)45)25(27(31(35,36)37)40-26(24)30(32,33)34)29(43)47-11-9-20-13-16(2)39-18(20)4/h5-7,12-14,23,38-40H,8-11H2,1-4H3. The Balaban J connectivity index is 1.82. The van der Waals surface area contributed by atoms with Gasteiger partial charge in [-0.05, 0) is 56.5 Å². The van der Waals surface area contributed by atoms with Gasteiger partial charge in [0.2, 0.25) is 0 Å². The first-order chi connectivity index (χ1) is 21.9. The number of ether oxygens (including phenoxy) is 2. The van der Waals surface area contributed by atoms with Gasteiger partial charge in [0.15, 0.2) is 0 Å². The average molecular weight is 669 g/mol. The molecule has 0 amide bonds. The second-order valence-corrected chi connectivity index (χ2v) is 11.0. The highest BCUT2D eigenvalue weighted by molar-refractivity contribution is 6.00. The zero-order valence-electron chi connectivity index (χ0n) is 25.5. The minimum Gasteiger partial charge on any atom is -0.462 e. The number of allylic oxidation sites excluding steroid dienone is 2. The van der Waals surface area contributed by atoms with Crippen LogP contribution in [0.1, 0.15) is 45.4 Å². The Hall–Kier alpha value is -5.02. The minimum atomic E-state index is -5.59. The number of esters is 2. The number of H-pyrrole nitrogens is 2. The van der Waals surface area contributed by atoms with Crippen molar-refractivity contribution < 1.29 is 50.3 Å². The Kier molecular flexibility index (Phi) is 9.92. The van der Waals surface area contributed by atoms with Gasteiger partial charge in [-0.1, -0.05) is 12.1 Å². The number of rotatable bonds is 10. The Morgan fingerprint density at radius 3 is 1.60 bits per heavy atom. The molecule has 10 nitrogen and oxygen atoms in total. The third kappa shape index (κ3) is 7.86. The Morgan fingerprint density at radius 1 is 0.787 bits per heavy atom. The van der Waals surface area contributed by atoms with Crippen molar-refractivity contribution in [2.24, 2.45) is 0 Å². The number of benzene rings is 1. The summed E-state index contributed by atoms with van der Waals surface area (Å²) in [4.78, 5) is 43.6. The van der Waals surface area contributed by atoms with Crippen LogP contribution in [0.4, 0.5) is 32.0 Å². The first-order valence-corrected chi connectivity index (χ1v) is 14.2. The molecule has 0 saturated carbocycles. The molecule has 3 heterocycles. The third-order valence-corrected chi connectivity index (χ3v) is 7.51. The molecule has 0 saturated heterocycles. The molecule has 0 aliphatic carbocycles. The first-order valence-electron chi connectivity index (χ1n) is 14.2. The molecule has 4 rings (SSSR count). The van der Waals surface area contributed by atoms with Gasteiger partial charge in [-0.2, -0.15) is 26.3 Å². The van der Waals surface area contributed by atoms with Gasteiger partial charge in [0.1, 0.15) is 11.4 Å². The third-order valence-electron chi connectivity index (χ3n) is 7.51. The lowest BCUT2D eigenvalue weighted by atomic mass is 9.79. The summed E-state index contributed by atoms with van der Waals surface area (Å²) in [6.07, 6.45) is -11.1. The van der Waals surface area contributed by atoms with E-state index in [4.69, 9.17) is 9.47 Å². The highest BCUT2D eigenvalue weighted by Gasteiger charge is 2.53. The van der Waals surface area contributed by atoms with Crippen molar-refractivity contribution in [3.8, 4) is 0 Å². The van der Waals surface area contributed by atoms with E-state index < -0.39 is 82.1 Å². The summed E-state index contributed by atoms with van der Waals surface area (Å²) in [6, 6.07) is 7.07. The van der Waals surface area contributed by atoms with Gasteiger partial charge in [0, 0.05) is 47.8 Å². The largest absolute Gasteiger partial charge is 0.462 e. The number of nitrogens with zero attached hydrogens (tertiary/aromatic N) is 1. The van der Waals surface area contributed by atoms with Crippen molar-refractivity contribution in [2.75, 3.05) is 13.2 Å². The molecule has 3 N–H and O–H groups in total. The monoisotopic (exact) mass is 668 g/mol. The number of carbonyl (C=O) groups is 2. The quantitative estimate of drug-likeness (QED) is 0.0987. The van der Waals surface area contributed by atoms with Gasteiger partial charge in [-0.25, -0.2) is 9.59 Å². The van der Waals surface area contributed by atoms with Crippen LogP contribution < -0.4 is 5.32 Å². The average Bonchev–Trinajstić information content (AvgIpc) is 3.47. The van der Waals surface area contributed by atoms with Crippen LogP contribution in [-0.2, 0) is 31.9 Å². The van der Waals surface area contributed by atoms with Crippen LogP contribution in [0.5, 0.6) is 0 Å². The second kappa shape index (κ2) is 13.4. The smallest absolute Gasteiger partial charge is 0.431 e. The van der Waals surface area contributed by atoms with E-state index >= 15 is 0 Å². The maximum atomic E-state index is 14.5. The van der Waals surface area contributed by atoms with E-state index in [0.29, 0.717) is 28.6 Å². The molecule has 0 spiro atoms. The lowest BCUT2D eigenvalue weighted by Gasteiger charge is -2.33. The zero-order chi connectivity index (χ0) is 34.8. The summed E-state index contributed by atoms with van der Waals surface area (Å²) in [5.74, 6) is -5.79. The molecule has 1 aromatic carbocycles. The van der Waals surface area contributed by atoms with Crippen molar-refractivity contribution in [2.45, 2.75) is 58.8 Å². The topological polar surface area (TPSA) is 139 Å². The zero-order valence-corrected chi connectivity index (χ0v) is 25.5. The van der Waals surface area contributed by atoms with E-state index in [1.54, 1.807) is 39.8 Å². The number of alkyl halides is 6. The predicted molar refractivity (Wildman–Crippen MR) is 155 cm³/mol. The van der Waals surface area contributed by atoms with Gasteiger partial charge >= 0.3 is 24.3 Å². The van der Waals surface area contributed by atoms with Crippen molar-refractivity contribution in [1.29, 1.82) is 0 Å². The van der Waals surface area contributed by atoms with Crippen LogP contribution in [-0.4, -0.2) is 52.4 Å². The summed E-state index contributed by atoms with van der Waals surface area (Å²) >= 11 is 0. The molecule has 3 aromatic rings. The molecule has 0 radical (unpaired) electrons. The van der Waals surface area contributed by atoms with Crippen LogP contribution in [0, 0.1) is 37.8 Å². The summed E-state index contributed by atoms with van der Waals surface area (Å²) < 4.78 is 97.1. The molecule has 0 unspecified atom stereocenters. The molecule has 1 aliphatic rings. The van der Waals surface area contributed by atoms with Crippen LogP contribution in [0.25, 0.3) is 0 Å². The molecular weight excluding hydrogens is 638 g/mol. The number of hydrogen-bond donors (Lipinski definition) is 3. The fourth-order valence-electron chi connectivity index (χ4n) is 5.48. The van der Waals surface area contributed by atoms with Crippen LogP contribution in [0.3, 0.4) is 0 Å². The highest BCUT2D eigenvalue weighted by atomic mass is 19.4. The Labute approximate surface area is 264 Å². The molecule has 0 bridgehead atoms. The number of nitro benzene ring substituents is 1. The molecule has 0 fully saturated rings. The number of dihydropyridines is 1. The molecule has 0 atom stereocenters. The minimum absolute atomic E-state index is 0.0437. The van der Waals surface area contributed by atoms with E-state index in [9.17, 15) is 46.0 Å². The van der Waals surface area contributed by atoms with Crippen LogP contribution in [0.15, 0.2) is 58.9 Å². The molecule has 252 valence electrons. The molecule has 16 heteroatoms. The number of nitro groups is 1. The van der Waals surface area contributed by atoms with E-state index in [1.807, 2.05) is 0 Å². The maximum absolute atomic E-state index is 14.5. The van der Waals surface area contributed by atoms with Crippen molar-refractivity contribution in [3.05, 3.63) is 109 Å². The van der Waals surface area contributed by atoms with E-state index in [0.717, 1.165) is 29.6 Å². The van der Waals surface area contributed by atoms with Gasteiger partial charge in [-0.3, -0.25) is 10.1 Å². The number of aryl methyl sites for hydroxylation is 4. The fourth-order valence-corrected chi connectivity index (χ4v) is 5.48. The number of aromatic nitrogens is 2. The lowest BCUT2D eigenvalue weighted by molar-refractivity contribution is -0.384. The maximum Gasteiger partial charge on any atom is 0.431 e. The normalized spacial score (nSPS) is 14.3. The van der Waals surface area contributed by atoms with Crippen molar-refractivity contribution in [3.63, 3.8) is 0 Å². The number of carbonyl (C=O) groups excluding carboxylic acids is 2. The lowest BCUT2D eigenvalue weighted by Crippen LogP contribution is -2.43. The van der Waals surface area contributed by atoms with E-state index in [-0.39, 0.29) is 12.8 Å². The number of nitrogens with one attached hydrogen (secondary N) is 3. The van der Waals surface area contributed by atoms with Crippen LogP contribution >= 0.6 is 0 Å². The molecule has 1 aliphatic heterocycles. The van der Waals surface area contributed by atoms with Gasteiger partial charge < -0.3 is 24.8 Å². The highest BCUT2D eigenvalue weighted by Crippen LogP contribution is 2.47.